The highest BCUT2D eigenvalue weighted by atomic mass is 32.1. The fraction of sp³-hybridized carbons (Fsp3) is 0.207. The molecule has 186 valence electrons. The van der Waals surface area contributed by atoms with Crippen LogP contribution in [-0.4, -0.2) is 41.3 Å². The van der Waals surface area contributed by atoms with Crippen LogP contribution in [0.1, 0.15) is 27.0 Å². The lowest BCUT2D eigenvalue weighted by Crippen LogP contribution is -2.37. The fourth-order valence-corrected chi connectivity index (χ4v) is 5.80. The summed E-state index contributed by atoms with van der Waals surface area (Å²) < 4.78 is 14.2. The molecule has 2 aliphatic rings. The van der Waals surface area contributed by atoms with Crippen LogP contribution in [0.25, 0.3) is 11.3 Å². The number of fused-ring (bicyclic) bond motifs is 2. The Bertz CT molecular complexity index is 1500. The zero-order chi connectivity index (χ0) is 25.4. The van der Waals surface area contributed by atoms with E-state index in [0.29, 0.717) is 24.6 Å². The average Bonchev–Trinajstić information content (AvgIpc) is 3.55. The third-order valence-electron chi connectivity index (χ3n) is 6.95. The summed E-state index contributed by atoms with van der Waals surface area (Å²) in [5.74, 6) is -0.920. The van der Waals surface area contributed by atoms with E-state index in [-0.39, 0.29) is 17.4 Å². The molecule has 0 saturated heterocycles. The number of benzene rings is 3. The zero-order valence-electron chi connectivity index (χ0n) is 20.1. The molecular formula is C29H25FN4O2S. The van der Waals surface area contributed by atoms with E-state index < -0.39 is 5.82 Å². The second kappa shape index (κ2) is 9.88. The number of amides is 2. The Morgan fingerprint density at radius 3 is 2.59 bits per heavy atom. The normalized spacial score (nSPS) is 14.8. The van der Waals surface area contributed by atoms with Gasteiger partial charge in [0.05, 0.1) is 17.8 Å². The first kappa shape index (κ1) is 23.5. The van der Waals surface area contributed by atoms with Gasteiger partial charge in [-0.15, -0.1) is 11.3 Å². The lowest BCUT2D eigenvalue weighted by Gasteiger charge is -2.27. The van der Waals surface area contributed by atoms with E-state index in [0.717, 1.165) is 42.0 Å². The maximum atomic E-state index is 14.2. The van der Waals surface area contributed by atoms with Gasteiger partial charge in [-0.2, -0.15) is 0 Å². The van der Waals surface area contributed by atoms with Gasteiger partial charge in [0.1, 0.15) is 5.82 Å². The van der Waals surface area contributed by atoms with Crippen LogP contribution in [-0.2, 0) is 24.2 Å². The van der Waals surface area contributed by atoms with Gasteiger partial charge in [-0.05, 0) is 53.8 Å². The summed E-state index contributed by atoms with van der Waals surface area (Å²) in [5.41, 5.74) is 6.22. The molecule has 1 N–H and O–H groups in total. The molecule has 4 aromatic rings. The fourth-order valence-electron chi connectivity index (χ4n) is 5.07. The van der Waals surface area contributed by atoms with Crippen LogP contribution < -0.4 is 10.2 Å². The second-order valence-electron chi connectivity index (χ2n) is 9.35. The van der Waals surface area contributed by atoms with E-state index in [4.69, 9.17) is 0 Å². The van der Waals surface area contributed by atoms with Crippen LogP contribution in [0.5, 0.6) is 0 Å². The Morgan fingerprint density at radius 1 is 0.946 bits per heavy atom. The van der Waals surface area contributed by atoms with Crippen molar-refractivity contribution in [3.05, 3.63) is 100 Å². The van der Waals surface area contributed by atoms with E-state index in [1.807, 2.05) is 29.6 Å². The van der Waals surface area contributed by atoms with Gasteiger partial charge in [0.2, 0.25) is 5.91 Å². The minimum atomic E-state index is -0.514. The maximum Gasteiger partial charge on any atom is 0.261 e. The smallest absolute Gasteiger partial charge is 0.261 e. The molecule has 0 radical (unpaired) electrons. The molecule has 0 fully saturated rings. The van der Waals surface area contributed by atoms with Gasteiger partial charge in [-0.3, -0.25) is 14.5 Å². The summed E-state index contributed by atoms with van der Waals surface area (Å²) in [6.45, 7) is 2.47. The van der Waals surface area contributed by atoms with E-state index in [2.05, 4.69) is 33.4 Å². The van der Waals surface area contributed by atoms with Gasteiger partial charge in [0.25, 0.3) is 5.91 Å². The largest absolute Gasteiger partial charge is 0.308 e. The predicted molar refractivity (Wildman–Crippen MR) is 143 cm³/mol. The highest BCUT2D eigenvalue weighted by Crippen LogP contribution is 2.34. The predicted octanol–water partition coefficient (Wildman–Crippen LogP) is 5.15. The molecule has 8 heteroatoms. The van der Waals surface area contributed by atoms with Crippen LogP contribution in [0, 0.1) is 5.82 Å². The van der Waals surface area contributed by atoms with Crippen molar-refractivity contribution in [2.24, 2.45) is 0 Å². The van der Waals surface area contributed by atoms with Gasteiger partial charge in [0.15, 0.2) is 5.13 Å². The molecule has 0 unspecified atom stereocenters. The summed E-state index contributed by atoms with van der Waals surface area (Å²) in [6.07, 6.45) is 1.64. The van der Waals surface area contributed by atoms with Crippen molar-refractivity contribution in [2.75, 3.05) is 29.9 Å². The summed E-state index contributed by atoms with van der Waals surface area (Å²) >= 11 is 1.39. The lowest BCUT2D eigenvalue weighted by atomic mass is 10.00. The van der Waals surface area contributed by atoms with Crippen molar-refractivity contribution >= 4 is 34.0 Å². The maximum absolute atomic E-state index is 14.2. The Balaban J connectivity index is 1.11. The molecule has 1 aromatic heterocycles. The van der Waals surface area contributed by atoms with Gasteiger partial charge in [-0.25, -0.2) is 9.37 Å². The van der Waals surface area contributed by atoms with Crippen molar-refractivity contribution in [3.8, 4) is 11.3 Å². The molecule has 3 heterocycles. The number of hydrogen-bond donors (Lipinski definition) is 1. The summed E-state index contributed by atoms with van der Waals surface area (Å²) in [4.78, 5) is 34.0. The van der Waals surface area contributed by atoms with Crippen LogP contribution in [0.4, 0.5) is 15.2 Å². The molecule has 0 spiro atoms. The van der Waals surface area contributed by atoms with Gasteiger partial charge >= 0.3 is 0 Å². The van der Waals surface area contributed by atoms with Gasteiger partial charge in [-0.1, -0.05) is 42.5 Å². The molecule has 0 aliphatic carbocycles. The number of thiazole rings is 1. The van der Waals surface area contributed by atoms with E-state index in [1.165, 1.54) is 34.6 Å². The van der Waals surface area contributed by atoms with Crippen molar-refractivity contribution in [1.82, 2.24) is 9.88 Å². The van der Waals surface area contributed by atoms with Crippen molar-refractivity contribution < 1.29 is 14.0 Å². The third-order valence-corrected chi connectivity index (χ3v) is 7.71. The molecule has 6 rings (SSSR count). The highest BCUT2D eigenvalue weighted by Gasteiger charge is 2.27. The number of hydrogen-bond acceptors (Lipinski definition) is 5. The number of aromatic nitrogens is 1. The Morgan fingerprint density at radius 2 is 1.73 bits per heavy atom. The van der Waals surface area contributed by atoms with Crippen molar-refractivity contribution in [1.29, 1.82) is 0 Å². The number of rotatable bonds is 5. The van der Waals surface area contributed by atoms with Crippen LogP contribution >= 0.6 is 11.3 Å². The Labute approximate surface area is 218 Å². The molecule has 2 aliphatic heterocycles. The first-order valence-corrected chi connectivity index (χ1v) is 13.2. The number of carbonyl (C=O) groups is 2. The molecule has 6 nitrogen and oxygen atoms in total. The number of halogens is 1. The molecular weight excluding hydrogens is 487 g/mol. The molecule has 0 saturated carbocycles. The molecule has 3 aromatic carbocycles. The molecule has 2 amide bonds. The van der Waals surface area contributed by atoms with Gasteiger partial charge < -0.3 is 10.2 Å². The van der Waals surface area contributed by atoms with E-state index in [1.54, 1.807) is 17.0 Å². The Hall–Kier alpha value is -3.88. The molecule has 0 bridgehead atoms. The number of nitrogens with zero attached hydrogens (tertiary/aromatic N) is 3. The molecule has 37 heavy (non-hydrogen) atoms. The van der Waals surface area contributed by atoms with Gasteiger partial charge in [0, 0.05) is 36.3 Å². The van der Waals surface area contributed by atoms with Crippen molar-refractivity contribution in [2.45, 2.75) is 19.4 Å². The third kappa shape index (κ3) is 4.77. The Kier molecular flexibility index (Phi) is 6.28. The topological polar surface area (TPSA) is 65.5 Å². The van der Waals surface area contributed by atoms with Crippen molar-refractivity contribution in [3.63, 3.8) is 0 Å². The lowest BCUT2D eigenvalue weighted by molar-refractivity contribution is -0.117. The SMILES string of the molecule is O=C(CN1CCc2ccccc2C1)Nc1nc(-c2ccc3c(c2)CCN3C(=O)c2ccccc2F)cs1. The highest BCUT2D eigenvalue weighted by molar-refractivity contribution is 7.14. The molecule has 0 atom stereocenters. The summed E-state index contributed by atoms with van der Waals surface area (Å²) in [7, 11) is 0. The first-order valence-electron chi connectivity index (χ1n) is 12.3. The minimum Gasteiger partial charge on any atom is -0.308 e. The standard InChI is InChI=1S/C29H25FN4O2S/c30-24-8-4-3-7-23(24)28(36)34-14-12-21-15-20(9-10-26(21)34)25-18-37-29(31-25)32-27(35)17-33-13-11-19-5-1-2-6-22(19)16-33/h1-10,15,18H,11-14,16-17H2,(H,31,32,35). The number of nitrogens with one attached hydrogen (secondary N) is 1. The second-order valence-corrected chi connectivity index (χ2v) is 10.2. The number of anilines is 2. The van der Waals surface area contributed by atoms with E-state index >= 15 is 0 Å². The summed E-state index contributed by atoms with van der Waals surface area (Å²) in [6, 6.07) is 20.3. The average molecular weight is 513 g/mol. The van der Waals surface area contributed by atoms with Crippen LogP contribution in [0.2, 0.25) is 0 Å². The quantitative estimate of drug-likeness (QED) is 0.402. The summed E-state index contributed by atoms with van der Waals surface area (Å²) in [5, 5.41) is 5.43. The number of carbonyl (C=O) groups excluding carboxylic acids is 2. The minimum absolute atomic E-state index is 0.0727. The zero-order valence-corrected chi connectivity index (χ0v) is 20.9. The monoisotopic (exact) mass is 512 g/mol. The van der Waals surface area contributed by atoms with E-state index in [9.17, 15) is 14.0 Å². The van der Waals surface area contributed by atoms with Crippen LogP contribution in [0.3, 0.4) is 0 Å². The first-order chi connectivity index (χ1) is 18.0. The van der Waals surface area contributed by atoms with Crippen LogP contribution in [0.15, 0.2) is 72.1 Å².